The fraction of sp³-hybridized carbons (Fsp3) is 0.100. The lowest BCUT2D eigenvalue weighted by molar-refractivity contribution is -0.129. The molecule has 0 saturated heterocycles. The molecule has 6 nitrogen and oxygen atoms in total. The van der Waals surface area contributed by atoms with Crippen molar-refractivity contribution in [1.29, 1.82) is 0 Å². The van der Waals surface area contributed by atoms with Crippen LogP contribution < -0.4 is 9.47 Å². The molecule has 0 N–H and O–H groups in total. The quantitative estimate of drug-likeness (QED) is 0.190. The van der Waals surface area contributed by atoms with Gasteiger partial charge in [0, 0.05) is 5.56 Å². The monoisotopic (exact) mass is 477 g/mol. The van der Waals surface area contributed by atoms with Crippen molar-refractivity contribution in [2.75, 3.05) is 6.61 Å². The van der Waals surface area contributed by atoms with E-state index in [1.807, 2.05) is 74.5 Å². The van der Waals surface area contributed by atoms with Crippen LogP contribution in [0.25, 0.3) is 16.8 Å². The Morgan fingerprint density at radius 1 is 0.944 bits per heavy atom. The molecule has 0 aliphatic carbocycles. The van der Waals surface area contributed by atoms with Crippen LogP contribution in [-0.2, 0) is 9.53 Å². The third kappa shape index (κ3) is 4.74. The molecule has 6 heteroatoms. The van der Waals surface area contributed by atoms with Gasteiger partial charge in [-0.3, -0.25) is 0 Å². The zero-order valence-electron chi connectivity index (χ0n) is 19.9. The van der Waals surface area contributed by atoms with Crippen molar-refractivity contribution in [1.82, 2.24) is 0 Å². The number of fused-ring (bicyclic) bond motifs is 1. The zero-order chi connectivity index (χ0) is 25.1. The number of cyclic esters (lactones) is 1. The van der Waals surface area contributed by atoms with Crippen molar-refractivity contribution in [3.05, 3.63) is 113 Å². The predicted octanol–water partition coefficient (Wildman–Crippen LogP) is 6.11. The highest BCUT2D eigenvalue weighted by Crippen LogP contribution is 2.31. The molecule has 0 unspecified atom stereocenters. The number of nitrogens with zero attached hydrogens (tertiary/aromatic N) is 1. The Labute approximate surface area is 208 Å². The average molecular weight is 478 g/mol. The van der Waals surface area contributed by atoms with Crippen LogP contribution in [0.4, 0.5) is 0 Å². The molecule has 36 heavy (non-hydrogen) atoms. The molecule has 1 aliphatic heterocycles. The van der Waals surface area contributed by atoms with E-state index in [1.165, 1.54) is 0 Å². The van der Waals surface area contributed by atoms with Gasteiger partial charge in [-0.05, 0) is 66.6 Å². The molecule has 0 bridgehead atoms. The summed E-state index contributed by atoms with van der Waals surface area (Å²) in [4.78, 5) is 29.8. The molecular weight excluding hydrogens is 454 g/mol. The second-order valence-corrected chi connectivity index (χ2v) is 8.26. The molecule has 5 rings (SSSR count). The van der Waals surface area contributed by atoms with Gasteiger partial charge in [-0.15, -0.1) is 0 Å². The SMILES string of the molecule is CCOc1cc(/C=C2/N=C(c3ccc(C)cc3)OC2=O)ccc1OC(=O)c1cccc2ccccc12. The summed E-state index contributed by atoms with van der Waals surface area (Å²) in [6.07, 6.45) is 1.61. The molecule has 178 valence electrons. The fourth-order valence-corrected chi connectivity index (χ4v) is 3.91. The standard InChI is InChI=1S/C30H23NO5/c1-3-34-27-18-20(17-25-30(33)36-28(31-25)22-14-11-19(2)12-15-22)13-16-26(27)35-29(32)24-10-6-8-21-7-4-5-9-23(21)24/h4-18H,3H2,1-2H3/b25-17+. The highest BCUT2D eigenvalue weighted by atomic mass is 16.6. The molecule has 4 aromatic carbocycles. The van der Waals surface area contributed by atoms with Gasteiger partial charge in [0.1, 0.15) is 0 Å². The molecule has 0 radical (unpaired) electrons. The summed E-state index contributed by atoms with van der Waals surface area (Å²) in [5.41, 5.74) is 3.12. The number of ether oxygens (including phenoxy) is 3. The Morgan fingerprint density at radius 3 is 2.53 bits per heavy atom. The Balaban J connectivity index is 1.42. The molecule has 0 amide bonds. The zero-order valence-corrected chi connectivity index (χ0v) is 19.9. The number of esters is 2. The lowest BCUT2D eigenvalue weighted by atomic mass is 10.0. The van der Waals surface area contributed by atoms with Crippen LogP contribution in [0.1, 0.15) is 34.0 Å². The third-order valence-electron chi connectivity index (χ3n) is 5.70. The van der Waals surface area contributed by atoms with Gasteiger partial charge in [0.15, 0.2) is 17.2 Å². The van der Waals surface area contributed by atoms with E-state index in [9.17, 15) is 9.59 Å². The Kier molecular flexibility index (Phi) is 6.33. The van der Waals surface area contributed by atoms with Crippen LogP contribution in [0.3, 0.4) is 0 Å². The molecule has 0 saturated carbocycles. The maximum absolute atomic E-state index is 13.0. The van der Waals surface area contributed by atoms with E-state index in [4.69, 9.17) is 14.2 Å². The first-order valence-corrected chi connectivity index (χ1v) is 11.6. The normalized spacial score (nSPS) is 14.0. The molecule has 4 aromatic rings. The lowest BCUT2D eigenvalue weighted by Crippen LogP contribution is -2.10. The number of benzene rings is 4. The minimum atomic E-state index is -0.532. The highest BCUT2D eigenvalue weighted by Gasteiger charge is 2.24. The molecular formula is C30H23NO5. The van der Waals surface area contributed by atoms with Crippen molar-refractivity contribution in [3.8, 4) is 11.5 Å². The van der Waals surface area contributed by atoms with Gasteiger partial charge in [-0.1, -0.05) is 60.2 Å². The van der Waals surface area contributed by atoms with Crippen LogP contribution >= 0.6 is 0 Å². The first-order valence-electron chi connectivity index (χ1n) is 11.6. The van der Waals surface area contributed by atoms with E-state index < -0.39 is 11.9 Å². The Bertz CT molecular complexity index is 1530. The lowest BCUT2D eigenvalue weighted by Gasteiger charge is -2.12. The fourth-order valence-electron chi connectivity index (χ4n) is 3.91. The Hall–Kier alpha value is -4.71. The van der Waals surface area contributed by atoms with Gasteiger partial charge in [-0.2, -0.15) is 0 Å². The van der Waals surface area contributed by atoms with Crippen molar-refractivity contribution >= 4 is 34.7 Å². The van der Waals surface area contributed by atoms with Crippen LogP contribution in [0, 0.1) is 6.92 Å². The van der Waals surface area contributed by atoms with Gasteiger partial charge in [-0.25, -0.2) is 14.6 Å². The highest BCUT2D eigenvalue weighted by molar-refractivity contribution is 6.13. The summed E-state index contributed by atoms with van der Waals surface area (Å²) in [6.45, 7) is 4.20. The largest absolute Gasteiger partial charge is 0.490 e. The van der Waals surface area contributed by atoms with Crippen LogP contribution in [0.5, 0.6) is 11.5 Å². The average Bonchev–Trinajstić information content (AvgIpc) is 3.25. The van der Waals surface area contributed by atoms with Gasteiger partial charge in [0.25, 0.3) is 0 Å². The number of carbonyl (C=O) groups excluding carboxylic acids is 2. The van der Waals surface area contributed by atoms with Gasteiger partial charge < -0.3 is 14.2 Å². The first-order chi connectivity index (χ1) is 17.5. The smallest absolute Gasteiger partial charge is 0.363 e. The van der Waals surface area contributed by atoms with Gasteiger partial charge in [0.2, 0.25) is 5.90 Å². The van der Waals surface area contributed by atoms with E-state index in [2.05, 4.69) is 4.99 Å². The van der Waals surface area contributed by atoms with E-state index >= 15 is 0 Å². The van der Waals surface area contributed by atoms with Crippen LogP contribution in [-0.4, -0.2) is 24.4 Å². The number of carbonyl (C=O) groups is 2. The van der Waals surface area contributed by atoms with Crippen molar-refractivity contribution in [2.24, 2.45) is 4.99 Å². The minimum absolute atomic E-state index is 0.175. The van der Waals surface area contributed by atoms with Gasteiger partial charge in [0.05, 0.1) is 12.2 Å². The van der Waals surface area contributed by atoms with E-state index in [0.717, 1.165) is 21.9 Å². The van der Waals surface area contributed by atoms with Crippen LogP contribution in [0.2, 0.25) is 0 Å². The number of rotatable bonds is 6. The first kappa shape index (κ1) is 23.1. The van der Waals surface area contributed by atoms with Crippen LogP contribution in [0.15, 0.2) is 95.6 Å². The molecule has 0 fully saturated rings. The maximum atomic E-state index is 13.0. The maximum Gasteiger partial charge on any atom is 0.363 e. The summed E-state index contributed by atoms with van der Waals surface area (Å²) in [6, 6.07) is 25.8. The van der Waals surface area contributed by atoms with Crippen molar-refractivity contribution in [3.63, 3.8) is 0 Å². The molecule has 0 spiro atoms. The van der Waals surface area contributed by atoms with Gasteiger partial charge >= 0.3 is 11.9 Å². The second kappa shape index (κ2) is 9.88. The summed E-state index contributed by atoms with van der Waals surface area (Å²) in [5.74, 6) is -0.0817. The topological polar surface area (TPSA) is 74.2 Å². The summed E-state index contributed by atoms with van der Waals surface area (Å²) >= 11 is 0. The van der Waals surface area contributed by atoms with Crippen molar-refractivity contribution in [2.45, 2.75) is 13.8 Å². The van der Waals surface area contributed by atoms with E-state index in [-0.39, 0.29) is 17.3 Å². The number of hydrogen-bond donors (Lipinski definition) is 0. The molecule has 0 aromatic heterocycles. The van der Waals surface area contributed by atoms with E-state index in [1.54, 1.807) is 30.3 Å². The number of aliphatic imine (C=N–C) groups is 1. The minimum Gasteiger partial charge on any atom is -0.490 e. The third-order valence-corrected chi connectivity index (χ3v) is 5.70. The predicted molar refractivity (Wildman–Crippen MR) is 138 cm³/mol. The number of aryl methyl sites for hydroxylation is 1. The molecule has 1 heterocycles. The second-order valence-electron chi connectivity index (χ2n) is 8.26. The summed E-state index contributed by atoms with van der Waals surface area (Å²) in [5, 5.41) is 1.76. The molecule has 0 atom stereocenters. The van der Waals surface area contributed by atoms with Crippen molar-refractivity contribution < 1.29 is 23.8 Å². The summed E-state index contributed by atoms with van der Waals surface area (Å²) < 4.78 is 16.8. The number of hydrogen-bond acceptors (Lipinski definition) is 6. The van der Waals surface area contributed by atoms with E-state index in [0.29, 0.717) is 23.5 Å². The molecule has 1 aliphatic rings. The summed E-state index contributed by atoms with van der Waals surface area (Å²) in [7, 11) is 0. The Morgan fingerprint density at radius 2 is 1.72 bits per heavy atom.